The number of azo groups is 1. The molecule has 0 amide bonds. The van der Waals surface area contributed by atoms with Crippen LogP contribution in [0.2, 0.25) is 0 Å². The average molecular weight is 328 g/mol. The van der Waals surface area contributed by atoms with E-state index in [1.54, 1.807) is 11.7 Å². The lowest BCUT2D eigenvalue weighted by Gasteiger charge is -2.15. The summed E-state index contributed by atoms with van der Waals surface area (Å²) in [5.41, 5.74) is 7.89. The lowest BCUT2D eigenvalue weighted by molar-refractivity contribution is 0.554. The summed E-state index contributed by atoms with van der Waals surface area (Å²) in [7, 11) is 1.76. The molecule has 0 atom stereocenters. The number of anilines is 1. The zero-order valence-electron chi connectivity index (χ0n) is 15.3. The van der Waals surface area contributed by atoms with E-state index in [2.05, 4.69) is 31.6 Å². The Kier molecular flexibility index (Phi) is 4.23. The van der Waals surface area contributed by atoms with Gasteiger partial charge >= 0.3 is 0 Å². The molecule has 8 nitrogen and oxygen atoms in total. The SMILES string of the molecule is Cn1nc(C(C)(C)C)c(N=Nc2[nH]nc(C(C)(C)C)c2C#N)c1N. The molecule has 24 heavy (non-hydrogen) atoms. The Morgan fingerprint density at radius 1 is 1.08 bits per heavy atom. The molecule has 0 aliphatic heterocycles. The molecule has 2 heterocycles. The Bertz CT molecular complexity index is 818. The van der Waals surface area contributed by atoms with E-state index >= 15 is 0 Å². The second-order valence-corrected chi connectivity index (χ2v) is 7.81. The van der Waals surface area contributed by atoms with Gasteiger partial charge in [-0.15, -0.1) is 10.2 Å². The molecular formula is C16H24N8. The standard InChI is InChI=1S/C16H24N8/c1-15(2,3)11-9(8-17)14(22-20-11)21-19-10-12(16(4,5)6)23-24(7)13(10)18/h18H2,1-7H3,(H,20,22). The van der Waals surface area contributed by atoms with Gasteiger partial charge in [0.25, 0.3) is 0 Å². The third-order valence-corrected chi connectivity index (χ3v) is 3.60. The van der Waals surface area contributed by atoms with E-state index < -0.39 is 0 Å². The fourth-order valence-electron chi connectivity index (χ4n) is 2.28. The fourth-order valence-corrected chi connectivity index (χ4v) is 2.28. The summed E-state index contributed by atoms with van der Waals surface area (Å²) in [4.78, 5) is 0. The number of aromatic nitrogens is 4. The molecule has 0 saturated carbocycles. The minimum atomic E-state index is -0.265. The van der Waals surface area contributed by atoms with Crippen LogP contribution in [-0.2, 0) is 17.9 Å². The van der Waals surface area contributed by atoms with Gasteiger partial charge in [-0.25, -0.2) is 0 Å². The summed E-state index contributed by atoms with van der Waals surface area (Å²) in [5, 5.41) is 29.3. The molecule has 0 aliphatic rings. The highest BCUT2D eigenvalue weighted by Crippen LogP contribution is 2.36. The number of hydrogen-bond acceptors (Lipinski definition) is 6. The Morgan fingerprint density at radius 2 is 1.67 bits per heavy atom. The molecule has 0 saturated heterocycles. The van der Waals surface area contributed by atoms with Gasteiger partial charge < -0.3 is 5.73 Å². The van der Waals surface area contributed by atoms with Crippen molar-refractivity contribution in [2.75, 3.05) is 5.73 Å². The van der Waals surface area contributed by atoms with Crippen molar-refractivity contribution in [1.29, 1.82) is 5.26 Å². The van der Waals surface area contributed by atoms with Gasteiger partial charge in [-0.3, -0.25) is 9.78 Å². The van der Waals surface area contributed by atoms with Crippen LogP contribution >= 0.6 is 0 Å². The van der Waals surface area contributed by atoms with Crippen molar-refractivity contribution in [3.63, 3.8) is 0 Å². The predicted octanol–water partition coefficient (Wildman–Crippen LogP) is 3.61. The molecule has 0 fully saturated rings. The van der Waals surface area contributed by atoms with Gasteiger partial charge in [-0.2, -0.15) is 15.5 Å². The summed E-state index contributed by atoms with van der Waals surface area (Å²) in [6.45, 7) is 12.1. The van der Waals surface area contributed by atoms with Crippen LogP contribution in [0.15, 0.2) is 10.2 Å². The van der Waals surface area contributed by atoms with Crippen molar-refractivity contribution in [1.82, 2.24) is 20.0 Å². The largest absolute Gasteiger partial charge is 0.382 e. The van der Waals surface area contributed by atoms with E-state index in [9.17, 15) is 5.26 Å². The lowest BCUT2D eigenvalue weighted by atomic mass is 9.90. The number of nitrogens with one attached hydrogen (secondary N) is 1. The van der Waals surface area contributed by atoms with Crippen molar-refractivity contribution in [3.05, 3.63) is 17.0 Å². The van der Waals surface area contributed by atoms with Crippen LogP contribution in [0.5, 0.6) is 0 Å². The maximum absolute atomic E-state index is 9.44. The minimum Gasteiger partial charge on any atom is -0.382 e. The van der Waals surface area contributed by atoms with Gasteiger partial charge in [0.2, 0.25) is 0 Å². The van der Waals surface area contributed by atoms with Crippen molar-refractivity contribution in [2.24, 2.45) is 17.3 Å². The van der Waals surface area contributed by atoms with E-state index in [1.807, 2.05) is 41.5 Å². The Morgan fingerprint density at radius 3 is 2.17 bits per heavy atom. The van der Waals surface area contributed by atoms with Gasteiger partial charge in [0, 0.05) is 17.9 Å². The molecular weight excluding hydrogens is 304 g/mol. The summed E-state index contributed by atoms with van der Waals surface area (Å²) in [6.07, 6.45) is 0. The first-order valence-corrected chi connectivity index (χ1v) is 7.70. The molecule has 8 heteroatoms. The highest BCUT2D eigenvalue weighted by molar-refractivity contribution is 5.63. The number of nitrogen functional groups attached to an aromatic ring is 1. The predicted molar refractivity (Wildman–Crippen MR) is 92.5 cm³/mol. The number of nitrogens with zero attached hydrogens (tertiary/aromatic N) is 6. The van der Waals surface area contributed by atoms with E-state index in [0.29, 0.717) is 28.6 Å². The maximum atomic E-state index is 9.44. The second kappa shape index (κ2) is 5.74. The Balaban J connectivity index is 2.51. The quantitative estimate of drug-likeness (QED) is 0.818. The van der Waals surface area contributed by atoms with Crippen LogP contribution in [0.1, 0.15) is 58.5 Å². The number of nitriles is 1. The average Bonchev–Trinajstić information content (AvgIpc) is 2.98. The third kappa shape index (κ3) is 3.15. The zero-order chi connectivity index (χ0) is 18.3. The normalized spacial score (nSPS) is 12.8. The molecule has 2 aromatic heterocycles. The number of nitrogens with two attached hydrogens (primary N) is 1. The summed E-state index contributed by atoms with van der Waals surface area (Å²) in [6, 6.07) is 2.15. The number of H-pyrrole nitrogens is 1. The number of hydrogen-bond donors (Lipinski definition) is 2. The zero-order valence-corrected chi connectivity index (χ0v) is 15.3. The number of rotatable bonds is 2. The smallest absolute Gasteiger partial charge is 0.188 e. The number of aryl methyl sites for hydroxylation is 1. The van der Waals surface area contributed by atoms with Gasteiger partial charge in [-0.1, -0.05) is 41.5 Å². The summed E-state index contributed by atoms with van der Waals surface area (Å²) >= 11 is 0. The highest BCUT2D eigenvalue weighted by atomic mass is 15.3. The first-order chi connectivity index (χ1) is 11.0. The van der Waals surface area contributed by atoms with Crippen LogP contribution < -0.4 is 5.73 Å². The third-order valence-electron chi connectivity index (χ3n) is 3.60. The molecule has 0 unspecified atom stereocenters. The Labute approximate surface area is 141 Å². The molecule has 0 radical (unpaired) electrons. The van der Waals surface area contributed by atoms with Gasteiger partial charge in [0.15, 0.2) is 11.5 Å². The first kappa shape index (κ1) is 17.7. The van der Waals surface area contributed by atoms with Crippen LogP contribution in [0.4, 0.5) is 17.3 Å². The van der Waals surface area contributed by atoms with E-state index in [4.69, 9.17) is 5.73 Å². The molecule has 3 N–H and O–H groups in total. The van der Waals surface area contributed by atoms with E-state index in [-0.39, 0.29) is 10.8 Å². The maximum Gasteiger partial charge on any atom is 0.188 e. The minimum absolute atomic E-state index is 0.230. The fraction of sp³-hybridized carbons (Fsp3) is 0.562. The lowest BCUT2D eigenvalue weighted by Crippen LogP contribution is -2.13. The summed E-state index contributed by atoms with van der Waals surface area (Å²) < 4.78 is 1.58. The van der Waals surface area contributed by atoms with Crippen molar-refractivity contribution in [2.45, 2.75) is 52.4 Å². The second-order valence-electron chi connectivity index (χ2n) is 7.81. The summed E-state index contributed by atoms with van der Waals surface area (Å²) in [5.74, 6) is 0.753. The molecule has 128 valence electrons. The van der Waals surface area contributed by atoms with Crippen molar-refractivity contribution >= 4 is 17.3 Å². The van der Waals surface area contributed by atoms with Crippen LogP contribution in [0, 0.1) is 11.3 Å². The molecule has 0 aromatic carbocycles. The van der Waals surface area contributed by atoms with Gasteiger partial charge in [0.05, 0.1) is 11.4 Å². The van der Waals surface area contributed by atoms with Crippen molar-refractivity contribution < 1.29 is 0 Å². The van der Waals surface area contributed by atoms with Crippen LogP contribution in [-0.4, -0.2) is 20.0 Å². The van der Waals surface area contributed by atoms with E-state index in [1.165, 1.54) is 0 Å². The topological polar surface area (TPSA) is 121 Å². The van der Waals surface area contributed by atoms with Gasteiger partial charge in [-0.05, 0) is 0 Å². The van der Waals surface area contributed by atoms with Crippen molar-refractivity contribution in [3.8, 4) is 6.07 Å². The molecule has 0 aliphatic carbocycles. The molecule has 0 bridgehead atoms. The number of aromatic amines is 1. The first-order valence-electron chi connectivity index (χ1n) is 7.70. The molecule has 0 spiro atoms. The molecule has 2 aromatic rings. The van der Waals surface area contributed by atoms with Gasteiger partial charge in [0.1, 0.15) is 17.5 Å². The van der Waals surface area contributed by atoms with Crippen LogP contribution in [0.3, 0.4) is 0 Å². The van der Waals surface area contributed by atoms with E-state index in [0.717, 1.165) is 5.69 Å². The van der Waals surface area contributed by atoms with Crippen LogP contribution in [0.25, 0.3) is 0 Å². The monoisotopic (exact) mass is 328 g/mol. The Hall–Kier alpha value is -2.69. The highest BCUT2D eigenvalue weighted by Gasteiger charge is 2.27. The molecule has 2 rings (SSSR count).